The summed E-state index contributed by atoms with van der Waals surface area (Å²) in [6, 6.07) is 23.7. The summed E-state index contributed by atoms with van der Waals surface area (Å²) >= 11 is 0. The maximum Gasteiger partial charge on any atom is 0.337 e. The fourth-order valence-corrected chi connectivity index (χ4v) is 6.43. The molecule has 0 radical (unpaired) electrons. The molecule has 6 aromatic rings. The lowest BCUT2D eigenvalue weighted by Crippen LogP contribution is -2.28. The molecule has 0 bridgehead atoms. The molecule has 1 amide bonds. The van der Waals surface area contributed by atoms with Crippen LogP contribution in [0.1, 0.15) is 40.0 Å². The Bertz CT molecular complexity index is 1980. The fraction of sp³-hybridized carbons (Fsp3) is 0.206. The molecular formula is C34H30N4O3. The van der Waals surface area contributed by atoms with Crippen LogP contribution in [0.15, 0.2) is 85.2 Å². The van der Waals surface area contributed by atoms with Crippen LogP contribution in [0.5, 0.6) is 0 Å². The predicted octanol–water partition coefficient (Wildman–Crippen LogP) is 6.33. The number of carbonyl (C=O) groups is 2. The molecule has 0 atom stereocenters. The number of hydrogen-bond acceptors (Lipinski definition) is 3. The number of carbonyl (C=O) groups excluding carboxylic acids is 1. The van der Waals surface area contributed by atoms with Crippen LogP contribution < -0.4 is 0 Å². The first-order chi connectivity index (χ1) is 20.0. The molecule has 3 aromatic carbocycles. The van der Waals surface area contributed by atoms with Crippen LogP contribution in [0.4, 0.5) is 0 Å². The first kappa shape index (κ1) is 25.1. The van der Waals surface area contributed by atoms with Crippen molar-refractivity contribution in [2.75, 3.05) is 13.1 Å². The molecule has 1 aliphatic heterocycles. The number of nitrogens with zero attached hydrogens (tertiary/aromatic N) is 4. The highest BCUT2D eigenvalue weighted by molar-refractivity contribution is 6.09. The molecule has 3 aromatic heterocycles. The summed E-state index contributed by atoms with van der Waals surface area (Å²) in [5.74, 6) is -0.735. The summed E-state index contributed by atoms with van der Waals surface area (Å²) in [5.41, 5.74) is 6.74. The van der Waals surface area contributed by atoms with E-state index in [9.17, 15) is 14.7 Å². The Morgan fingerprint density at radius 3 is 2.66 bits per heavy atom. The molecule has 0 spiro atoms. The van der Waals surface area contributed by atoms with Crippen molar-refractivity contribution in [3.63, 3.8) is 0 Å². The number of imidazole rings is 1. The van der Waals surface area contributed by atoms with Crippen molar-refractivity contribution < 1.29 is 14.7 Å². The summed E-state index contributed by atoms with van der Waals surface area (Å²) in [4.78, 5) is 31.8. The zero-order valence-electron chi connectivity index (χ0n) is 22.9. The van der Waals surface area contributed by atoms with Crippen molar-refractivity contribution in [2.24, 2.45) is 0 Å². The summed E-state index contributed by atoms with van der Waals surface area (Å²) in [7, 11) is 0. The Morgan fingerprint density at radius 1 is 0.976 bits per heavy atom. The van der Waals surface area contributed by atoms with Crippen LogP contribution in [0.2, 0.25) is 0 Å². The monoisotopic (exact) mass is 542 g/mol. The normalized spacial score (nSPS) is 13.7. The minimum absolute atomic E-state index is 0.234. The van der Waals surface area contributed by atoms with E-state index in [-0.39, 0.29) is 11.5 Å². The Balaban J connectivity index is 1.38. The van der Waals surface area contributed by atoms with Gasteiger partial charge >= 0.3 is 5.97 Å². The number of pyridine rings is 1. The van der Waals surface area contributed by atoms with Gasteiger partial charge in [0.1, 0.15) is 5.65 Å². The quantitative estimate of drug-likeness (QED) is 0.256. The Kier molecular flexibility index (Phi) is 6.07. The number of benzene rings is 3. The van der Waals surface area contributed by atoms with Crippen LogP contribution in [0, 0.1) is 6.92 Å². The van der Waals surface area contributed by atoms with Crippen LogP contribution in [0.3, 0.4) is 0 Å². The average molecular weight is 543 g/mol. The molecule has 7 nitrogen and oxygen atoms in total. The third-order valence-corrected chi connectivity index (χ3v) is 8.36. The first-order valence-corrected chi connectivity index (χ1v) is 14.1. The summed E-state index contributed by atoms with van der Waals surface area (Å²) in [6.07, 6.45) is 6.33. The van der Waals surface area contributed by atoms with Gasteiger partial charge in [-0.25, -0.2) is 9.78 Å². The fourth-order valence-electron chi connectivity index (χ4n) is 6.43. The maximum absolute atomic E-state index is 12.7. The lowest BCUT2D eigenvalue weighted by Gasteiger charge is -2.16. The van der Waals surface area contributed by atoms with E-state index in [0.717, 1.165) is 47.3 Å². The smallest absolute Gasteiger partial charge is 0.337 e. The number of aromatic nitrogens is 3. The van der Waals surface area contributed by atoms with Gasteiger partial charge in [-0.3, -0.25) is 4.79 Å². The maximum atomic E-state index is 12.7. The van der Waals surface area contributed by atoms with Crippen molar-refractivity contribution in [3.05, 3.63) is 108 Å². The number of fused-ring (bicyclic) bond motifs is 3. The second-order valence-corrected chi connectivity index (χ2v) is 10.8. The van der Waals surface area contributed by atoms with Gasteiger partial charge in [0.25, 0.3) is 0 Å². The van der Waals surface area contributed by atoms with Gasteiger partial charge in [-0.1, -0.05) is 54.6 Å². The number of carboxylic acid groups (broad SMARTS) is 1. The zero-order valence-corrected chi connectivity index (χ0v) is 22.9. The summed E-state index contributed by atoms with van der Waals surface area (Å²) < 4.78 is 4.32. The van der Waals surface area contributed by atoms with Crippen molar-refractivity contribution in [3.8, 4) is 11.3 Å². The van der Waals surface area contributed by atoms with Gasteiger partial charge in [-0.15, -0.1) is 0 Å². The molecule has 1 fully saturated rings. The SMILES string of the molecule is Cc1cccc2c1c(Cc1c(-c3ccc4ccccc4c3C(=O)O)nc3ccccn13)cn2CCN1CCCC1=O. The van der Waals surface area contributed by atoms with Gasteiger partial charge in [0.05, 0.1) is 17.0 Å². The van der Waals surface area contributed by atoms with Crippen molar-refractivity contribution in [1.29, 1.82) is 0 Å². The Morgan fingerprint density at radius 2 is 1.83 bits per heavy atom. The number of aryl methyl sites for hydroxylation is 1. The number of amides is 1. The van der Waals surface area contributed by atoms with E-state index in [0.29, 0.717) is 36.0 Å². The molecule has 1 N–H and O–H groups in total. The van der Waals surface area contributed by atoms with E-state index in [1.807, 2.05) is 65.7 Å². The molecule has 204 valence electrons. The molecule has 0 aliphatic carbocycles. The topological polar surface area (TPSA) is 79.8 Å². The minimum Gasteiger partial charge on any atom is -0.478 e. The van der Waals surface area contributed by atoms with E-state index in [2.05, 4.69) is 40.3 Å². The van der Waals surface area contributed by atoms with E-state index in [1.54, 1.807) is 0 Å². The molecule has 0 saturated carbocycles. The van der Waals surface area contributed by atoms with Gasteiger partial charge in [0.2, 0.25) is 5.91 Å². The van der Waals surface area contributed by atoms with Crippen LogP contribution in [-0.4, -0.2) is 48.9 Å². The molecular weight excluding hydrogens is 512 g/mol. The highest BCUT2D eigenvalue weighted by atomic mass is 16.4. The zero-order chi connectivity index (χ0) is 28.1. The molecule has 7 heteroatoms. The minimum atomic E-state index is -0.969. The van der Waals surface area contributed by atoms with Gasteiger partial charge in [0, 0.05) is 61.3 Å². The largest absolute Gasteiger partial charge is 0.478 e. The molecule has 4 heterocycles. The highest BCUT2D eigenvalue weighted by Gasteiger charge is 2.24. The summed E-state index contributed by atoms with van der Waals surface area (Å²) in [5, 5.41) is 13.1. The third kappa shape index (κ3) is 4.25. The van der Waals surface area contributed by atoms with E-state index < -0.39 is 5.97 Å². The second-order valence-electron chi connectivity index (χ2n) is 10.8. The van der Waals surface area contributed by atoms with Crippen molar-refractivity contribution >= 4 is 39.2 Å². The van der Waals surface area contributed by atoms with Crippen LogP contribution >= 0.6 is 0 Å². The lowest BCUT2D eigenvalue weighted by atomic mass is 9.94. The van der Waals surface area contributed by atoms with Crippen molar-refractivity contribution in [2.45, 2.75) is 32.7 Å². The standard InChI is InChI=1S/C34H30N4O3/c1-22-8-6-11-27-31(22)24(21-37(27)19-18-36-16-7-13-30(36)39)20-28-33(35-29-12-4-5-17-38(28)29)26-15-14-23-9-2-3-10-25(23)32(26)34(40)41/h2-6,8-12,14-15,17,21H,7,13,16,18-20H2,1H3,(H,40,41). The van der Waals surface area contributed by atoms with Gasteiger partial charge < -0.3 is 19.0 Å². The molecule has 1 aliphatic rings. The Hall–Kier alpha value is -4.91. The van der Waals surface area contributed by atoms with Gasteiger partial charge in [-0.2, -0.15) is 0 Å². The molecule has 7 rings (SSSR count). The van der Waals surface area contributed by atoms with Crippen LogP contribution in [-0.2, 0) is 17.8 Å². The first-order valence-electron chi connectivity index (χ1n) is 14.1. The van der Waals surface area contributed by atoms with Crippen LogP contribution in [0.25, 0.3) is 38.6 Å². The van der Waals surface area contributed by atoms with E-state index in [4.69, 9.17) is 4.98 Å². The predicted molar refractivity (Wildman–Crippen MR) is 160 cm³/mol. The Labute approximate surface area is 237 Å². The number of hydrogen-bond donors (Lipinski definition) is 1. The number of aromatic carboxylic acids is 1. The van der Waals surface area contributed by atoms with Gasteiger partial charge in [-0.05, 0) is 53.4 Å². The third-order valence-electron chi connectivity index (χ3n) is 8.36. The lowest BCUT2D eigenvalue weighted by molar-refractivity contribution is -0.127. The molecule has 41 heavy (non-hydrogen) atoms. The average Bonchev–Trinajstić information content (AvgIpc) is 3.67. The van der Waals surface area contributed by atoms with E-state index in [1.165, 1.54) is 10.9 Å². The summed E-state index contributed by atoms with van der Waals surface area (Å²) in [6.45, 7) is 4.36. The number of rotatable bonds is 7. The second kappa shape index (κ2) is 9.93. The van der Waals surface area contributed by atoms with E-state index >= 15 is 0 Å². The number of likely N-dealkylation sites (tertiary alicyclic amines) is 1. The van der Waals surface area contributed by atoms with Gasteiger partial charge in [0.15, 0.2) is 0 Å². The van der Waals surface area contributed by atoms with Crippen molar-refractivity contribution in [1.82, 2.24) is 18.9 Å². The highest BCUT2D eigenvalue weighted by Crippen LogP contribution is 2.35. The molecule has 0 unspecified atom stereocenters. The number of carboxylic acids is 1. The molecule has 1 saturated heterocycles.